The molecule has 0 aromatic heterocycles. The Bertz CT molecular complexity index is 1060. The van der Waals surface area contributed by atoms with Crippen molar-refractivity contribution in [3.05, 3.63) is 52.0 Å². The number of anilines is 2. The molecule has 0 radical (unpaired) electrons. The van der Waals surface area contributed by atoms with E-state index in [-0.39, 0.29) is 43.8 Å². The average molecular weight is 532 g/mol. The first kappa shape index (κ1) is 25.7. The molecule has 3 rings (SSSR count). The molecule has 0 spiro atoms. The van der Waals surface area contributed by atoms with Gasteiger partial charge in [-0.1, -0.05) is 22.9 Å². The average Bonchev–Trinajstić information content (AvgIpc) is 3.19. The molecule has 9 heteroatoms. The Morgan fingerprint density at radius 2 is 1.97 bits per heavy atom. The molecule has 0 saturated carbocycles. The van der Waals surface area contributed by atoms with Gasteiger partial charge in [0.15, 0.2) is 6.61 Å². The van der Waals surface area contributed by atoms with E-state index in [1.54, 1.807) is 36.1 Å². The number of aliphatic hydroxyl groups excluding tert-OH is 1. The summed E-state index contributed by atoms with van der Waals surface area (Å²) in [5.74, 6) is -0.595. The molecular formula is C25H30BrN3O5. The lowest BCUT2D eigenvalue weighted by molar-refractivity contribution is -0.126. The Hall–Kier alpha value is -2.91. The minimum Gasteiger partial charge on any atom is -0.484 e. The summed E-state index contributed by atoms with van der Waals surface area (Å²) in [6, 6.07) is 10.8. The number of hydrogen-bond acceptors (Lipinski definition) is 5. The van der Waals surface area contributed by atoms with Crippen molar-refractivity contribution in [3.63, 3.8) is 0 Å². The molecule has 34 heavy (non-hydrogen) atoms. The van der Waals surface area contributed by atoms with Crippen molar-refractivity contribution in [2.45, 2.75) is 39.7 Å². The number of nitrogens with zero attached hydrogens (tertiary/aromatic N) is 1. The van der Waals surface area contributed by atoms with Crippen LogP contribution in [0.1, 0.15) is 31.4 Å². The number of benzene rings is 2. The highest BCUT2D eigenvalue weighted by molar-refractivity contribution is 9.10. The van der Waals surface area contributed by atoms with Crippen LogP contribution < -0.4 is 20.3 Å². The molecule has 2 atom stereocenters. The Kier molecular flexibility index (Phi) is 8.68. The number of aliphatic hydroxyl groups is 1. The molecule has 0 unspecified atom stereocenters. The normalized spacial score (nSPS) is 16.3. The molecule has 3 amide bonds. The smallest absolute Gasteiger partial charge is 0.262 e. The van der Waals surface area contributed by atoms with Gasteiger partial charge in [0.05, 0.1) is 12.0 Å². The van der Waals surface area contributed by atoms with Gasteiger partial charge in [-0.25, -0.2) is 0 Å². The van der Waals surface area contributed by atoms with Crippen LogP contribution in [0.4, 0.5) is 11.4 Å². The van der Waals surface area contributed by atoms with Crippen molar-refractivity contribution in [2.24, 2.45) is 5.92 Å². The van der Waals surface area contributed by atoms with E-state index in [4.69, 9.17) is 4.74 Å². The van der Waals surface area contributed by atoms with Crippen LogP contribution in [-0.4, -0.2) is 48.6 Å². The van der Waals surface area contributed by atoms with Crippen LogP contribution in [0.5, 0.6) is 5.75 Å². The van der Waals surface area contributed by atoms with Gasteiger partial charge in [0.25, 0.3) is 5.91 Å². The van der Waals surface area contributed by atoms with Crippen molar-refractivity contribution in [3.8, 4) is 5.75 Å². The highest BCUT2D eigenvalue weighted by Crippen LogP contribution is 2.28. The van der Waals surface area contributed by atoms with E-state index in [9.17, 15) is 19.5 Å². The molecule has 2 aromatic carbocycles. The van der Waals surface area contributed by atoms with E-state index in [1.165, 1.54) is 0 Å². The molecule has 0 bridgehead atoms. The SMILES string of the molecule is CCc1cc(Br)cc(C)c1NC(=O)COc1ccc(N2C[C@H](C(=O)NC[C@@H](C)O)CC2=O)cc1. The predicted octanol–water partition coefficient (Wildman–Crippen LogP) is 3.19. The number of rotatable bonds is 9. The maximum atomic E-state index is 12.5. The van der Waals surface area contributed by atoms with E-state index in [2.05, 4.69) is 26.6 Å². The van der Waals surface area contributed by atoms with Gasteiger partial charge in [-0.3, -0.25) is 14.4 Å². The molecule has 1 aliphatic rings. The number of carbonyl (C=O) groups excluding carboxylic acids is 3. The van der Waals surface area contributed by atoms with Crippen molar-refractivity contribution >= 4 is 45.0 Å². The number of nitrogens with one attached hydrogen (secondary N) is 2. The van der Waals surface area contributed by atoms with Crippen molar-refractivity contribution in [1.29, 1.82) is 0 Å². The highest BCUT2D eigenvalue weighted by atomic mass is 79.9. The van der Waals surface area contributed by atoms with Crippen LogP contribution in [-0.2, 0) is 20.8 Å². The minimum absolute atomic E-state index is 0.124. The van der Waals surface area contributed by atoms with Gasteiger partial charge >= 0.3 is 0 Å². The fourth-order valence-electron chi connectivity index (χ4n) is 3.84. The Labute approximate surface area is 207 Å². The fourth-order valence-corrected chi connectivity index (χ4v) is 4.46. The summed E-state index contributed by atoms with van der Waals surface area (Å²) in [5, 5.41) is 14.9. The lowest BCUT2D eigenvalue weighted by Crippen LogP contribution is -2.36. The van der Waals surface area contributed by atoms with Crippen LogP contribution in [0.15, 0.2) is 40.9 Å². The Morgan fingerprint density at radius 1 is 1.26 bits per heavy atom. The van der Waals surface area contributed by atoms with E-state index < -0.39 is 12.0 Å². The summed E-state index contributed by atoms with van der Waals surface area (Å²) in [6.07, 6.45) is 0.273. The molecule has 3 N–H and O–H groups in total. The number of ether oxygens (including phenoxy) is 1. The van der Waals surface area contributed by atoms with E-state index in [1.807, 2.05) is 26.0 Å². The molecular weight excluding hydrogens is 502 g/mol. The summed E-state index contributed by atoms with van der Waals surface area (Å²) in [4.78, 5) is 38.6. The number of halogens is 1. The molecule has 2 aromatic rings. The van der Waals surface area contributed by atoms with Gasteiger partial charge in [-0.05, 0) is 67.8 Å². The standard InChI is InChI=1S/C25H30BrN3O5/c1-4-17-10-19(26)9-15(2)24(17)28-22(31)14-34-21-7-5-20(6-8-21)29-13-18(11-23(29)32)25(33)27-12-16(3)30/h5-10,16,18,30H,4,11-14H2,1-3H3,(H,27,33)(H,28,31)/t16-,18-/m1/s1. The molecule has 8 nitrogen and oxygen atoms in total. The lowest BCUT2D eigenvalue weighted by Gasteiger charge is -2.18. The van der Waals surface area contributed by atoms with Crippen molar-refractivity contribution < 1.29 is 24.2 Å². The monoisotopic (exact) mass is 531 g/mol. The Morgan fingerprint density at radius 3 is 2.62 bits per heavy atom. The van der Waals surface area contributed by atoms with Crippen LogP contribution in [0.3, 0.4) is 0 Å². The molecule has 182 valence electrons. The number of hydrogen-bond donors (Lipinski definition) is 3. The third kappa shape index (κ3) is 6.57. The third-order valence-corrected chi connectivity index (χ3v) is 6.07. The first-order valence-corrected chi connectivity index (χ1v) is 12.0. The topological polar surface area (TPSA) is 108 Å². The molecule has 1 heterocycles. The summed E-state index contributed by atoms with van der Waals surface area (Å²) in [7, 11) is 0. The molecule has 1 saturated heterocycles. The first-order chi connectivity index (χ1) is 16.2. The summed E-state index contributed by atoms with van der Waals surface area (Å²) >= 11 is 3.48. The number of amides is 3. The second-order valence-corrected chi connectivity index (χ2v) is 9.36. The van der Waals surface area contributed by atoms with Crippen LogP contribution in [0.25, 0.3) is 0 Å². The van der Waals surface area contributed by atoms with E-state index in [0.717, 1.165) is 27.7 Å². The zero-order chi connectivity index (χ0) is 24.8. The fraction of sp³-hybridized carbons (Fsp3) is 0.400. The van der Waals surface area contributed by atoms with Crippen LogP contribution in [0, 0.1) is 12.8 Å². The van der Waals surface area contributed by atoms with Crippen LogP contribution >= 0.6 is 15.9 Å². The predicted molar refractivity (Wildman–Crippen MR) is 134 cm³/mol. The van der Waals surface area contributed by atoms with E-state index >= 15 is 0 Å². The number of carbonyl (C=O) groups is 3. The summed E-state index contributed by atoms with van der Waals surface area (Å²) in [5.41, 5.74) is 3.47. The van der Waals surface area contributed by atoms with Gasteiger partial charge in [0.2, 0.25) is 11.8 Å². The second-order valence-electron chi connectivity index (χ2n) is 8.44. The van der Waals surface area contributed by atoms with Crippen molar-refractivity contribution in [2.75, 3.05) is 29.9 Å². The Balaban J connectivity index is 1.55. The summed E-state index contributed by atoms with van der Waals surface area (Å²) < 4.78 is 6.59. The highest BCUT2D eigenvalue weighted by Gasteiger charge is 2.35. The number of aryl methyl sites for hydroxylation is 2. The third-order valence-electron chi connectivity index (χ3n) is 5.61. The molecule has 0 aliphatic carbocycles. The molecule has 1 aliphatic heterocycles. The van der Waals surface area contributed by atoms with Gasteiger partial charge in [-0.15, -0.1) is 0 Å². The quantitative estimate of drug-likeness (QED) is 0.460. The zero-order valence-electron chi connectivity index (χ0n) is 19.6. The zero-order valence-corrected chi connectivity index (χ0v) is 21.1. The first-order valence-electron chi connectivity index (χ1n) is 11.3. The molecule has 1 fully saturated rings. The largest absolute Gasteiger partial charge is 0.484 e. The summed E-state index contributed by atoms with van der Waals surface area (Å²) in [6.45, 7) is 5.85. The van der Waals surface area contributed by atoms with Gasteiger partial charge < -0.3 is 25.4 Å². The van der Waals surface area contributed by atoms with Crippen LogP contribution in [0.2, 0.25) is 0 Å². The van der Waals surface area contributed by atoms with E-state index in [0.29, 0.717) is 11.4 Å². The van der Waals surface area contributed by atoms with Crippen molar-refractivity contribution in [1.82, 2.24) is 5.32 Å². The van der Waals surface area contributed by atoms with Gasteiger partial charge in [0.1, 0.15) is 5.75 Å². The van der Waals surface area contributed by atoms with Gasteiger partial charge in [0, 0.05) is 35.4 Å². The maximum absolute atomic E-state index is 12.5. The lowest BCUT2D eigenvalue weighted by atomic mass is 10.1. The minimum atomic E-state index is -0.639. The second kappa shape index (κ2) is 11.5. The maximum Gasteiger partial charge on any atom is 0.262 e. The van der Waals surface area contributed by atoms with Gasteiger partial charge in [-0.2, -0.15) is 0 Å².